The second kappa shape index (κ2) is 11.4. The lowest BCUT2D eigenvalue weighted by molar-refractivity contribution is -0.132. The molecule has 2 aromatic rings. The summed E-state index contributed by atoms with van der Waals surface area (Å²) in [6.45, 7) is 1.27. The molecule has 0 bridgehead atoms. The number of rotatable bonds is 7. The summed E-state index contributed by atoms with van der Waals surface area (Å²) < 4.78 is 5.53. The van der Waals surface area contributed by atoms with Gasteiger partial charge in [-0.25, -0.2) is 0 Å². The number of hydrazine groups is 1. The number of likely N-dealkylation sites (tertiary alicyclic amines) is 1. The quantitative estimate of drug-likeness (QED) is 0.461. The first-order chi connectivity index (χ1) is 14.9. The van der Waals surface area contributed by atoms with Crippen LogP contribution >= 0.6 is 34.5 Å². The number of ether oxygens (including phenoxy) is 1. The number of amides is 3. The predicted molar refractivity (Wildman–Crippen MR) is 120 cm³/mol. The van der Waals surface area contributed by atoms with Crippen LogP contribution in [0.4, 0.5) is 0 Å². The van der Waals surface area contributed by atoms with Crippen molar-refractivity contribution < 1.29 is 19.1 Å². The predicted octanol–water partition coefficient (Wildman–Crippen LogP) is 3.91. The lowest BCUT2D eigenvalue weighted by Crippen LogP contribution is -2.50. The molecule has 0 radical (unpaired) electrons. The van der Waals surface area contributed by atoms with Crippen LogP contribution < -0.4 is 15.6 Å². The summed E-state index contributed by atoms with van der Waals surface area (Å²) in [6.07, 6.45) is 2.05. The van der Waals surface area contributed by atoms with E-state index in [2.05, 4.69) is 10.9 Å². The van der Waals surface area contributed by atoms with Gasteiger partial charge in [0.05, 0.1) is 22.4 Å². The Balaban J connectivity index is 1.35. The number of carbonyl (C=O) groups excluding carboxylic acids is 3. The van der Waals surface area contributed by atoms with Crippen LogP contribution in [0.2, 0.25) is 10.0 Å². The van der Waals surface area contributed by atoms with Gasteiger partial charge in [0.2, 0.25) is 11.8 Å². The van der Waals surface area contributed by atoms with Gasteiger partial charge in [-0.2, -0.15) is 0 Å². The van der Waals surface area contributed by atoms with Crippen molar-refractivity contribution in [3.05, 3.63) is 50.6 Å². The van der Waals surface area contributed by atoms with Crippen LogP contribution in [0.5, 0.6) is 5.75 Å². The number of hydrogen-bond donors (Lipinski definition) is 2. The van der Waals surface area contributed by atoms with Gasteiger partial charge in [-0.1, -0.05) is 29.3 Å². The second-order valence-electron chi connectivity index (χ2n) is 7.13. The first-order valence-corrected chi connectivity index (χ1v) is 11.6. The molecule has 1 atom stereocenters. The zero-order valence-electron chi connectivity index (χ0n) is 16.7. The Morgan fingerprint density at radius 1 is 1.19 bits per heavy atom. The Hall–Kier alpha value is -2.29. The smallest absolute Gasteiger partial charge is 0.263 e. The van der Waals surface area contributed by atoms with Crippen molar-refractivity contribution in [2.75, 3.05) is 19.7 Å². The maximum Gasteiger partial charge on any atom is 0.263 e. The Labute approximate surface area is 194 Å². The minimum atomic E-state index is -0.353. The Bertz CT molecular complexity index is 923. The number of thiophene rings is 1. The molecule has 0 saturated carbocycles. The van der Waals surface area contributed by atoms with Gasteiger partial charge < -0.3 is 9.64 Å². The van der Waals surface area contributed by atoms with Crippen molar-refractivity contribution in [3.63, 3.8) is 0 Å². The molecular weight excluding hydrogens is 461 g/mol. The molecule has 0 spiro atoms. The highest BCUT2D eigenvalue weighted by Gasteiger charge is 2.29. The first-order valence-electron chi connectivity index (χ1n) is 9.93. The highest BCUT2D eigenvalue weighted by atomic mass is 35.5. The molecule has 1 aromatic heterocycles. The van der Waals surface area contributed by atoms with E-state index in [1.165, 1.54) is 11.3 Å². The fourth-order valence-electron chi connectivity index (χ4n) is 3.23. The molecule has 1 fully saturated rings. The van der Waals surface area contributed by atoms with Gasteiger partial charge in [-0.15, -0.1) is 11.3 Å². The summed E-state index contributed by atoms with van der Waals surface area (Å²) in [5, 5.41) is 2.78. The number of piperidine rings is 1. The topological polar surface area (TPSA) is 87.7 Å². The van der Waals surface area contributed by atoms with Gasteiger partial charge >= 0.3 is 0 Å². The molecule has 1 aliphatic heterocycles. The average Bonchev–Trinajstić information content (AvgIpc) is 3.30. The number of halogens is 2. The fraction of sp³-hybridized carbons (Fsp3) is 0.381. The number of nitrogens with zero attached hydrogens (tertiary/aromatic N) is 1. The minimum Gasteiger partial charge on any atom is -0.492 e. The van der Waals surface area contributed by atoms with Crippen LogP contribution in [0.15, 0.2) is 35.7 Å². The van der Waals surface area contributed by atoms with E-state index < -0.39 is 0 Å². The maximum atomic E-state index is 12.5. The van der Waals surface area contributed by atoms with Gasteiger partial charge in [0.15, 0.2) is 0 Å². The Kier molecular flexibility index (Phi) is 8.57. The third-order valence-electron chi connectivity index (χ3n) is 4.84. The van der Waals surface area contributed by atoms with E-state index in [-0.39, 0.29) is 30.1 Å². The van der Waals surface area contributed by atoms with Crippen molar-refractivity contribution in [2.45, 2.75) is 25.7 Å². The molecule has 3 rings (SSSR count). The molecule has 1 aliphatic rings. The van der Waals surface area contributed by atoms with Crippen LogP contribution in [-0.2, 0) is 9.59 Å². The minimum absolute atomic E-state index is 0.0580. The lowest BCUT2D eigenvalue weighted by Gasteiger charge is -2.31. The van der Waals surface area contributed by atoms with Crippen LogP contribution in [-0.4, -0.2) is 42.3 Å². The van der Waals surface area contributed by atoms with Crippen molar-refractivity contribution in [2.24, 2.45) is 5.92 Å². The van der Waals surface area contributed by atoms with E-state index in [1.807, 2.05) is 11.4 Å². The van der Waals surface area contributed by atoms with Gasteiger partial charge in [0.1, 0.15) is 5.75 Å². The normalized spacial score (nSPS) is 15.9. The van der Waals surface area contributed by atoms with Crippen LogP contribution in [0.25, 0.3) is 0 Å². The van der Waals surface area contributed by atoms with Crippen LogP contribution in [0.3, 0.4) is 0 Å². The molecule has 3 amide bonds. The standard InChI is InChI=1S/C21H23Cl2N3O4S/c22-15-7-8-17(16(23)12-15)30-10-2-6-19(27)24-25-20(28)14-4-1-9-26(13-14)21(29)18-5-3-11-31-18/h3,5,7-8,11-12,14H,1-2,4,6,9-10,13H2,(H,24,27)(H,25,28). The molecule has 2 N–H and O–H groups in total. The van der Waals surface area contributed by atoms with E-state index in [1.54, 1.807) is 29.2 Å². The van der Waals surface area contributed by atoms with Crippen LogP contribution in [0.1, 0.15) is 35.4 Å². The SMILES string of the molecule is O=C(CCCOc1ccc(Cl)cc1Cl)NNC(=O)C1CCCN(C(=O)c2cccs2)C1. The van der Waals surface area contributed by atoms with Gasteiger partial charge in [0.25, 0.3) is 5.91 Å². The molecule has 166 valence electrons. The number of hydrogen-bond acceptors (Lipinski definition) is 5. The molecule has 31 heavy (non-hydrogen) atoms. The number of benzene rings is 1. The third kappa shape index (κ3) is 6.85. The molecular formula is C21H23Cl2N3O4S. The van der Waals surface area contributed by atoms with E-state index >= 15 is 0 Å². The largest absolute Gasteiger partial charge is 0.492 e. The molecule has 10 heteroatoms. The van der Waals surface area contributed by atoms with E-state index in [9.17, 15) is 14.4 Å². The average molecular weight is 484 g/mol. The molecule has 0 aliphatic carbocycles. The first kappa shape index (κ1) is 23.4. The van der Waals surface area contributed by atoms with Crippen molar-refractivity contribution in [3.8, 4) is 5.75 Å². The maximum absolute atomic E-state index is 12.5. The molecule has 1 saturated heterocycles. The molecule has 7 nitrogen and oxygen atoms in total. The van der Waals surface area contributed by atoms with Gasteiger partial charge in [-0.05, 0) is 48.9 Å². The summed E-state index contributed by atoms with van der Waals surface area (Å²) >= 11 is 13.3. The summed E-state index contributed by atoms with van der Waals surface area (Å²) in [5.41, 5.74) is 4.90. The lowest BCUT2D eigenvalue weighted by atomic mass is 9.97. The molecule has 1 aromatic carbocycles. The van der Waals surface area contributed by atoms with Gasteiger partial charge in [0, 0.05) is 24.5 Å². The third-order valence-corrected chi connectivity index (χ3v) is 6.22. The van der Waals surface area contributed by atoms with Crippen molar-refractivity contribution in [1.82, 2.24) is 15.8 Å². The summed E-state index contributed by atoms with van der Waals surface area (Å²) in [7, 11) is 0. The van der Waals surface area contributed by atoms with E-state index in [0.717, 1.165) is 6.42 Å². The molecule has 1 unspecified atom stereocenters. The second-order valence-corrected chi connectivity index (χ2v) is 8.92. The molecule has 2 heterocycles. The summed E-state index contributed by atoms with van der Waals surface area (Å²) in [5.74, 6) is -0.521. The number of carbonyl (C=O) groups is 3. The zero-order valence-corrected chi connectivity index (χ0v) is 19.1. The monoisotopic (exact) mass is 483 g/mol. The summed E-state index contributed by atoms with van der Waals surface area (Å²) in [4.78, 5) is 39.3. The highest BCUT2D eigenvalue weighted by Crippen LogP contribution is 2.27. The van der Waals surface area contributed by atoms with Crippen LogP contribution in [0, 0.1) is 5.92 Å². The fourth-order valence-corrected chi connectivity index (χ4v) is 4.39. The van der Waals surface area contributed by atoms with Crippen molar-refractivity contribution >= 4 is 52.3 Å². The summed E-state index contributed by atoms with van der Waals surface area (Å²) in [6, 6.07) is 8.53. The Morgan fingerprint density at radius 2 is 2.03 bits per heavy atom. The number of nitrogens with one attached hydrogen (secondary N) is 2. The van der Waals surface area contributed by atoms with E-state index in [4.69, 9.17) is 27.9 Å². The Morgan fingerprint density at radius 3 is 2.77 bits per heavy atom. The van der Waals surface area contributed by atoms with E-state index in [0.29, 0.717) is 53.2 Å². The highest BCUT2D eigenvalue weighted by molar-refractivity contribution is 7.12. The van der Waals surface area contributed by atoms with Gasteiger partial charge in [-0.3, -0.25) is 25.2 Å². The van der Waals surface area contributed by atoms with Crippen molar-refractivity contribution in [1.29, 1.82) is 0 Å². The zero-order chi connectivity index (χ0) is 22.2.